The summed E-state index contributed by atoms with van der Waals surface area (Å²) in [7, 11) is 0. The summed E-state index contributed by atoms with van der Waals surface area (Å²) < 4.78 is 3.00. The van der Waals surface area contributed by atoms with Crippen LogP contribution in [0, 0.1) is 20.8 Å². The van der Waals surface area contributed by atoms with Crippen LogP contribution in [-0.2, 0) is 0 Å². The second-order valence-electron chi connectivity index (χ2n) is 5.71. The molecule has 2 aromatic carbocycles. The van der Waals surface area contributed by atoms with Gasteiger partial charge in [0, 0.05) is 10.0 Å². The molecule has 1 aromatic heterocycles. The van der Waals surface area contributed by atoms with E-state index in [2.05, 4.69) is 69.7 Å². The Morgan fingerprint density at radius 3 is 2.33 bits per heavy atom. The predicted molar refractivity (Wildman–Crippen MR) is 103 cm³/mol. The third kappa shape index (κ3) is 3.57. The first kappa shape index (κ1) is 16.5. The molecule has 1 heterocycles. The third-order valence-electron chi connectivity index (χ3n) is 3.86. The number of hydrazone groups is 1. The number of anilines is 1. The van der Waals surface area contributed by atoms with Gasteiger partial charge in [-0.2, -0.15) is 10.2 Å². The molecule has 0 aliphatic rings. The predicted octanol–water partition coefficient (Wildman–Crippen LogP) is 5.01. The molecule has 0 unspecified atom stereocenters. The summed E-state index contributed by atoms with van der Waals surface area (Å²) in [4.78, 5) is 0. The van der Waals surface area contributed by atoms with Crippen LogP contribution < -0.4 is 5.43 Å². The lowest BCUT2D eigenvalue weighted by atomic mass is 10.2. The highest BCUT2D eigenvalue weighted by molar-refractivity contribution is 9.10. The first-order valence-corrected chi connectivity index (χ1v) is 8.52. The molecule has 0 spiro atoms. The maximum absolute atomic E-state index is 4.64. The van der Waals surface area contributed by atoms with Gasteiger partial charge in [0.1, 0.15) is 0 Å². The van der Waals surface area contributed by atoms with Crippen LogP contribution in [0.25, 0.3) is 5.69 Å². The van der Waals surface area contributed by atoms with E-state index >= 15 is 0 Å². The molecule has 24 heavy (non-hydrogen) atoms. The van der Waals surface area contributed by atoms with Crippen LogP contribution in [0.1, 0.15) is 22.5 Å². The monoisotopic (exact) mass is 382 g/mol. The lowest BCUT2D eigenvalue weighted by molar-refractivity contribution is 0.833. The number of hydrogen-bond donors (Lipinski definition) is 1. The quantitative estimate of drug-likeness (QED) is 0.509. The van der Waals surface area contributed by atoms with Gasteiger partial charge in [-0.1, -0.05) is 33.6 Å². The van der Waals surface area contributed by atoms with E-state index < -0.39 is 0 Å². The molecule has 4 nitrogen and oxygen atoms in total. The molecule has 122 valence electrons. The fourth-order valence-corrected chi connectivity index (χ4v) is 2.74. The van der Waals surface area contributed by atoms with Crippen molar-refractivity contribution in [2.24, 2.45) is 5.10 Å². The van der Waals surface area contributed by atoms with Gasteiger partial charge < -0.3 is 0 Å². The zero-order valence-corrected chi connectivity index (χ0v) is 15.5. The van der Waals surface area contributed by atoms with E-state index in [9.17, 15) is 0 Å². The number of aryl methyl sites for hydroxylation is 2. The van der Waals surface area contributed by atoms with E-state index in [0.717, 1.165) is 32.8 Å². The molecule has 0 radical (unpaired) electrons. The lowest BCUT2D eigenvalue weighted by Gasteiger charge is -2.05. The van der Waals surface area contributed by atoms with E-state index in [1.165, 1.54) is 5.56 Å². The van der Waals surface area contributed by atoms with Crippen LogP contribution in [-0.4, -0.2) is 16.0 Å². The van der Waals surface area contributed by atoms with Gasteiger partial charge in [0.2, 0.25) is 0 Å². The lowest BCUT2D eigenvalue weighted by Crippen LogP contribution is -1.99. The number of aromatic nitrogens is 2. The van der Waals surface area contributed by atoms with Gasteiger partial charge in [0.05, 0.1) is 29.0 Å². The van der Waals surface area contributed by atoms with E-state index in [0.29, 0.717) is 0 Å². The van der Waals surface area contributed by atoms with Crippen LogP contribution in [0.4, 0.5) is 5.69 Å². The Balaban J connectivity index is 1.82. The Morgan fingerprint density at radius 1 is 1.00 bits per heavy atom. The van der Waals surface area contributed by atoms with Crippen molar-refractivity contribution in [3.05, 3.63) is 75.5 Å². The minimum atomic E-state index is 0.940. The summed E-state index contributed by atoms with van der Waals surface area (Å²) in [6.45, 7) is 6.14. The van der Waals surface area contributed by atoms with Gasteiger partial charge in [-0.15, -0.1) is 0 Å². The second-order valence-corrected chi connectivity index (χ2v) is 6.62. The van der Waals surface area contributed by atoms with Crippen LogP contribution >= 0.6 is 15.9 Å². The van der Waals surface area contributed by atoms with Gasteiger partial charge in [0.25, 0.3) is 0 Å². The van der Waals surface area contributed by atoms with E-state index in [4.69, 9.17) is 0 Å². The Bertz CT molecular complexity index is 862. The van der Waals surface area contributed by atoms with Crippen LogP contribution in [0.15, 0.2) is 58.1 Å². The van der Waals surface area contributed by atoms with Gasteiger partial charge in [-0.3, -0.25) is 5.43 Å². The number of benzene rings is 2. The number of hydrogen-bond acceptors (Lipinski definition) is 3. The molecular weight excluding hydrogens is 364 g/mol. The molecule has 3 aromatic rings. The fraction of sp³-hybridized carbons (Fsp3) is 0.158. The molecule has 0 atom stereocenters. The van der Waals surface area contributed by atoms with Crippen molar-refractivity contribution >= 4 is 27.8 Å². The Hall–Kier alpha value is -2.40. The minimum Gasteiger partial charge on any atom is -0.279 e. The maximum Gasteiger partial charge on any atom is 0.0689 e. The highest BCUT2D eigenvalue weighted by Gasteiger charge is 2.11. The van der Waals surface area contributed by atoms with Crippen molar-refractivity contribution in [3.8, 4) is 5.69 Å². The molecule has 0 aliphatic heterocycles. The normalized spacial score (nSPS) is 11.2. The van der Waals surface area contributed by atoms with Crippen LogP contribution in [0.5, 0.6) is 0 Å². The van der Waals surface area contributed by atoms with Gasteiger partial charge in [-0.05, 0) is 57.2 Å². The molecular formula is C19H19BrN4. The van der Waals surface area contributed by atoms with Crippen molar-refractivity contribution in [3.63, 3.8) is 0 Å². The largest absolute Gasteiger partial charge is 0.279 e. The number of nitrogens with zero attached hydrogens (tertiary/aromatic N) is 3. The molecule has 5 heteroatoms. The minimum absolute atomic E-state index is 0.940. The molecule has 0 fully saturated rings. The third-order valence-corrected chi connectivity index (χ3v) is 4.39. The Morgan fingerprint density at radius 2 is 1.67 bits per heavy atom. The summed E-state index contributed by atoms with van der Waals surface area (Å²) in [5.41, 5.74) is 9.33. The summed E-state index contributed by atoms with van der Waals surface area (Å²) in [5.74, 6) is 0. The van der Waals surface area contributed by atoms with Crippen molar-refractivity contribution in [2.75, 3.05) is 5.43 Å². The van der Waals surface area contributed by atoms with Gasteiger partial charge >= 0.3 is 0 Å². The highest BCUT2D eigenvalue weighted by Crippen LogP contribution is 2.17. The van der Waals surface area contributed by atoms with Crippen molar-refractivity contribution in [1.82, 2.24) is 9.78 Å². The highest BCUT2D eigenvalue weighted by atomic mass is 79.9. The zero-order valence-electron chi connectivity index (χ0n) is 13.9. The van der Waals surface area contributed by atoms with Crippen molar-refractivity contribution in [2.45, 2.75) is 20.8 Å². The molecule has 0 bridgehead atoms. The van der Waals surface area contributed by atoms with E-state index in [1.807, 2.05) is 42.1 Å². The van der Waals surface area contributed by atoms with E-state index in [-0.39, 0.29) is 0 Å². The zero-order chi connectivity index (χ0) is 17.1. The Labute approximate surface area is 150 Å². The van der Waals surface area contributed by atoms with Gasteiger partial charge in [0.15, 0.2) is 0 Å². The molecule has 0 amide bonds. The number of halogens is 1. The molecule has 0 saturated carbocycles. The Kier molecular flexibility index (Phi) is 4.81. The molecule has 0 saturated heterocycles. The number of nitrogens with one attached hydrogen (secondary N) is 1. The summed E-state index contributed by atoms with van der Waals surface area (Å²) >= 11 is 3.42. The van der Waals surface area contributed by atoms with Crippen molar-refractivity contribution < 1.29 is 0 Å². The molecule has 0 aliphatic carbocycles. The standard InChI is InChI=1S/C19H19BrN4/c1-13-4-10-18(11-5-13)24-15(3)19(14(2)23-24)12-21-22-17-8-6-16(20)7-9-17/h4-12,22H,1-3H3/b21-12+. The summed E-state index contributed by atoms with van der Waals surface area (Å²) in [6.07, 6.45) is 1.82. The van der Waals surface area contributed by atoms with E-state index in [1.54, 1.807) is 0 Å². The van der Waals surface area contributed by atoms with Crippen LogP contribution in [0.2, 0.25) is 0 Å². The summed E-state index contributed by atoms with van der Waals surface area (Å²) in [6, 6.07) is 16.2. The number of rotatable bonds is 4. The smallest absolute Gasteiger partial charge is 0.0689 e. The average Bonchev–Trinajstić information content (AvgIpc) is 2.85. The SMILES string of the molecule is Cc1ccc(-n2nc(C)c(/C=N/Nc3ccc(Br)cc3)c2C)cc1. The fourth-order valence-electron chi connectivity index (χ4n) is 2.47. The second kappa shape index (κ2) is 7.01. The molecule has 3 rings (SSSR count). The van der Waals surface area contributed by atoms with Crippen molar-refractivity contribution in [1.29, 1.82) is 0 Å². The topological polar surface area (TPSA) is 42.2 Å². The van der Waals surface area contributed by atoms with Crippen LogP contribution in [0.3, 0.4) is 0 Å². The molecule has 1 N–H and O–H groups in total. The first-order chi connectivity index (χ1) is 11.5. The average molecular weight is 383 g/mol. The first-order valence-electron chi connectivity index (χ1n) is 7.72. The van der Waals surface area contributed by atoms with Gasteiger partial charge in [-0.25, -0.2) is 4.68 Å². The summed E-state index contributed by atoms with van der Waals surface area (Å²) in [5, 5.41) is 8.98. The maximum atomic E-state index is 4.64.